The lowest BCUT2D eigenvalue weighted by Gasteiger charge is -1.98. The molecule has 21 heavy (non-hydrogen) atoms. The van der Waals surface area contributed by atoms with E-state index < -0.39 is 11.8 Å². The summed E-state index contributed by atoms with van der Waals surface area (Å²) in [5.74, 6) is -1.23. The fourth-order valence-corrected chi connectivity index (χ4v) is 2.66. The summed E-state index contributed by atoms with van der Waals surface area (Å²) in [6, 6.07) is 5.82. The van der Waals surface area contributed by atoms with Crippen LogP contribution in [0.25, 0.3) is 22.0 Å². The van der Waals surface area contributed by atoms with Gasteiger partial charge in [-0.3, -0.25) is 0 Å². The quantitative estimate of drug-likeness (QED) is 0.767. The van der Waals surface area contributed by atoms with Crippen molar-refractivity contribution in [3.05, 3.63) is 52.3 Å². The predicted octanol–water partition coefficient (Wildman–Crippen LogP) is 4.56. The third kappa shape index (κ3) is 2.68. The molecule has 0 fully saturated rings. The van der Waals surface area contributed by atoms with E-state index in [0.717, 1.165) is 6.26 Å². The van der Waals surface area contributed by atoms with Crippen molar-refractivity contribution in [2.75, 3.05) is 0 Å². The zero-order valence-corrected chi connectivity index (χ0v) is 11.9. The normalized spacial score (nSPS) is 10.8. The monoisotopic (exact) mass is 323 g/mol. The van der Waals surface area contributed by atoms with Crippen molar-refractivity contribution in [3.8, 4) is 22.0 Å². The van der Waals surface area contributed by atoms with E-state index in [1.54, 1.807) is 11.4 Å². The minimum absolute atomic E-state index is 0.0488. The molecule has 3 rings (SSSR count). The molecule has 0 radical (unpaired) electrons. The van der Waals surface area contributed by atoms with E-state index in [4.69, 9.17) is 21.1 Å². The van der Waals surface area contributed by atoms with Gasteiger partial charge in [0.05, 0.1) is 10.6 Å². The van der Waals surface area contributed by atoms with Crippen molar-refractivity contribution in [1.82, 2.24) is 4.98 Å². The van der Waals surface area contributed by atoms with Crippen molar-refractivity contribution >= 4 is 28.9 Å². The number of hydrogen-bond acceptors (Lipinski definition) is 4. The summed E-state index contributed by atoms with van der Waals surface area (Å²) in [6.45, 7) is 0. The first-order valence-corrected chi connectivity index (χ1v) is 7.03. The summed E-state index contributed by atoms with van der Waals surface area (Å²) < 4.78 is 18.6. The molecule has 0 saturated heterocycles. The van der Waals surface area contributed by atoms with Crippen LogP contribution in [-0.2, 0) is 0 Å². The SMILES string of the molecule is O=C(O)c1coc(-c2csc(-c3ccc(Cl)c(F)c3)n2)c1. The average Bonchev–Trinajstić information content (AvgIpc) is 3.09. The Bertz CT molecular complexity index is 827. The van der Waals surface area contributed by atoms with Gasteiger partial charge in [0.2, 0.25) is 0 Å². The van der Waals surface area contributed by atoms with E-state index >= 15 is 0 Å². The molecule has 0 aliphatic heterocycles. The van der Waals surface area contributed by atoms with Gasteiger partial charge in [-0.1, -0.05) is 17.7 Å². The van der Waals surface area contributed by atoms with Gasteiger partial charge in [0.1, 0.15) is 22.8 Å². The van der Waals surface area contributed by atoms with Gasteiger partial charge in [0.25, 0.3) is 0 Å². The van der Waals surface area contributed by atoms with E-state index in [1.807, 2.05) is 0 Å². The molecule has 7 heteroatoms. The van der Waals surface area contributed by atoms with Crippen LogP contribution in [0.2, 0.25) is 5.02 Å². The summed E-state index contributed by atoms with van der Waals surface area (Å²) in [7, 11) is 0. The molecule has 106 valence electrons. The molecule has 2 heterocycles. The number of rotatable bonds is 3. The summed E-state index contributed by atoms with van der Waals surface area (Å²) >= 11 is 6.94. The van der Waals surface area contributed by atoms with Gasteiger partial charge in [-0.05, 0) is 12.1 Å². The summed E-state index contributed by atoms with van der Waals surface area (Å²) in [4.78, 5) is 15.1. The first-order valence-electron chi connectivity index (χ1n) is 5.78. The third-order valence-electron chi connectivity index (χ3n) is 2.77. The number of carbonyl (C=O) groups is 1. The number of furan rings is 1. The Labute approximate surface area is 127 Å². The maximum atomic E-state index is 13.4. The van der Waals surface area contributed by atoms with Crippen LogP contribution in [0, 0.1) is 5.82 Å². The highest BCUT2D eigenvalue weighted by atomic mass is 35.5. The van der Waals surface area contributed by atoms with Crippen molar-refractivity contribution in [2.24, 2.45) is 0 Å². The number of aromatic nitrogens is 1. The van der Waals surface area contributed by atoms with Gasteiger partial charge in [-0.2, -0.15) is 0 Å². The number of aromatic carboxylic acids is 1. The molecule has 1 N–H and O–H groups in total. The van der Waals surface area contributed by atoms with E-state index in [1.165, 1.54) is 29.5 Å². The van der Waals surface area contributed by atoms with Crippen molar-refractivity contribution < 1.29 is 18.7 Å². The summed E-state index contributed by atoms with van der Waals surface area (Å²) in [5, 5.41) is 11.2. The van der Waals surface area contributed by atoms with Crippen LogP contribution in [0.15, 0.2) is 40.3 Å². The molecule has 1 aromatic carbocycles. The van der Waals surface area contributed by atoms with Crippen LogP contribution in [0.4, 0.5) is 4.39 Å². The molecule has 0 aliphatic carbocycles. The molecule has 0 spiro atoms. The van der Waals surface area contributed by atoms with Crippen LogP contribution in [0.3, 0.4) is 0 Å². The van der Waals surface area contributed by atoms with E-state index in [9.17, 15) is 9.18 Å². The Balaban J connectivity index is 1.95. The maximum Gasteiger partial charge on any atom is 0.338 e. The lowest BCUT2D eigenvalue weighted by Crippen LogP contribution is -1.91. The maximum absolute atomic E-state index is 13.4. The number of thiazole rings is 1. The lowest BCUT2D eigenvalue weighted by atomic mass is 10.2. The van der Waals surface area contributed by atoms with E-state index in [-0.39, 0.29) is 10.6 Å². The van der Waals surface area contributed by atoms with Crippen LogP contribution < -0.4 is 0 Å². The number of carboxylic acids is 1. The molecule has 0 bridgehead atoms. The zero-order valence-electron chi connectivity index (χ0n) is 10.3. The van der Waals surface area contributed by atoms with Gasteiger partial charge in [-0.25, -0.2) is 14.2 Å². The first kappa shape index (κ1) is 13.8. The Morgan fingerprint density at radius 3 is 2.86 bits per heavy atom. The second-order valence-electron chi connectivity index (χ2n) is 4.17. The zero-order chi connectivity index (χ0) is 15.0. The molecule has 0 unspecified atom stereocenters. The van der Waals surface area contributed by atoms with Crippen molar-refractivity contribution in [3.63, 3.8) is 0 Å². The molecule has 3 aromatic rings. The minimum Gasteiger partial charge on any atom is -0.478 e. The number of carboxylic acid groups (broad SMARTS) is 1. The number of nitrogens with zero attached hydrogens (tertiary/aromatic N) is 1. The Hall–Kier alpha value is -2.18. The van der Waals surface area contributed by atoms with Crippen LogP contribution in [0.5, 0.6) is 0 Å². The van der Waals surface area contributed by atoms with Gasteiger partial charge in [0.15, 0.2) is 5.76 Å². The van der Waals surface area contributed by atoms with Gasteiger partial charge in [-0.15, -0.1) is 11.3 Å². The highest BCUT2D eigenvalue weighted by molar-refractivity contribution is 7.13. The number of benzene rings is 1. The number of hydrogen-bond donors (Lipinski definition) is 1. The Morgan fingerprint density at radius 1 is 1.38 bits per heavy atom. The second kappa shape index (κ2) is 5.31. The van der Waals surface area contributed by atoms with Crippen LogP contribution >= 0.6 is 22.9 Å². The van der Waals surface area contributed by atoms with Crippen LogP contribution in [0.1, 0.15) is 10.4 Å². The highest BCUT2D eigenvalue weighted by Gasteiger charge is 2.14. The van der Waals surface area contributed by atoms with Gasteiger partial charge < -0.3 is 9.52 Å². The molecular formula is C14H7ClFNO3S. The molecule has 0 atom stereocenters. The molecular weight excluding hydrogens is 317 g/mol. The smallest absolute Gasteiger partial charge is 0.338 e. The fourth-order valence-electron chi connectivity index (χ4n) is 1.73. The summed E-state index contributed by atoms with van der Waals surface area (Å²) in [6.07, 6.45) is 1.15. The number of halogens is 2. The molecule has 4 nitrogen and oxygen atoms in total. The van der Waals surface area contributed by atoms with E-state index in [2.05, 4.69) is 4.98 Å². The Kier molecular flexibility index (Phi) is 3.48. The molecule has 0 aliphatic rings. The second-order valence-corrected chi connectivity index (χ2v) is 5.44. The largest absolute Gasteiger partial charge is 0.478 e. The van der Waals surface area contributed by atoms with Crippen molar-refractivity contribution in [2.45, 2.75) is 0 Å². The topological polar surface area (TPSA) is 63.3 Å². The molecule has 2 aromatic heterocycles. The van der Waals surface area contributed by atoms with E-state index in [0.29, 0.717) is 22.0 Å². The first-order chi connectivity index (χ1) is 10.0. The van der Waals surface area contributed by atoms with Crippen LogP contribution in [-0.4, -0.2) is 16.1 Å². The van der Waals surface area contributed by atoms with Gasteiger partial charge in [0, 0.05) is 17.0 Å². The fraction of sp³-hybridized carbons (Fsp3) is 0. The van der Waals surface area contributed by atoms with Gasteiger partial charge >= 0.3 is 5.97 Å². The molecule has 0 saturated carbocycles. The summed E-state index contributed by atoms with van der Waals surface area (Å²) in [5.41, 5.74) is 1.15. The van der Waals surface area contributed by atoms with Crippen molar-refractivity contribution in [1.29, 1.82) is 0 Å². The molecule has 0 amide bonds. The standard InChI is InChI=1S/C14H7ClFNO3S/c15-9-2-1-7(3-10(9)16)13-17-11(6-21-13)12-4-8(5-20-12)14(18)19/h1-6H,(H,18,19). The third-order valence-corrected chi connectivity index (χ3v) is 3.97. The highest BCUT2D eigenvalue weighted by Crippen LogP contribution is 2.31. The minimum atomic E-state index is -1.07. The predicted molar refractivity (Wildman–Crippen MR) is 77.2 cm³/mol. The average molecular weight is 324 g/mol. The Morgan fingerprint density at radius 2 is 2.19 bits per heavy atom. The lowest BCUT2D eigenvalue weighted by molar-refractivity contribution is 0.0696.